The van der Waals surface area contributed by atoms with E-state index in [1.54, 1.807) is 23.1 Å². The van der Waals surface area contributed by atoms with Crippen molar-refractivity contribution in [3.05, 3.63) is 20.8 Å². The Morgan fingerprint density at radius 1 is 1.41 bits per heavy atom. The highest BCUT2D eigenvalue weighted by atomic mass is 32.2. The van der Waals surface area contributed by atoms with Crippen molar-refractivity contribution in [1.82, 2.24) is 9.55 Å². The van der Waals surface area contributed by atoms with Gasteiger partial charge in [-0.25, -0.2) is 4.98 Å². The average Bonchev–Trinajstić information content (AvgIpc) is 2.92. The molecule has 2 aromatic heterocycles. The minimum atomic E-state index is 0.148. The first-order chi connectivity index (χ1) is 8.34. The largest absolute Gasteiger partial charge is 0.376 e. The fraction of sp³-hybridized carbons (Fsp3) is 0.455. The third-order valence-corrected chi connectivity index (χ3v) is 5.29. The molecule has 4 nitrogen and oxygen atoms in total. The van der Waals surface area contributed by atoms with Gasteiger partial charge in [0.2, 0.25) is 0 Å². The van der Waals surface area contributed by atoms with Gasteiger partial charge < -0.3 is 4.74 Å². The summed E-state index contributed by atoms with van der Waals surface area (Å²) < 4.78 is 7.25. The fourth-order valence-corrected chi connectivity index (χ4v) is 4.57. The van der Waals surface area contributed by atoms with Crippen LogP contribution in [0.1, 0.15) is 10.4 Å². The van der Waals surface area contributed by atoms with Crippen molar-refractivity contribution in [1.29, 1.82) is 0 Å². The minimum Gasteiger partial charge on any atom is -0.376 e. The molecule has 0 saturated carbocycles. The number of thioether (sulfide) groups is 1. The Morgan fingerprint density at radius 2 is 2.35 bits per heavy atom. The monoisotopic (exact) mass is 266 g/mol. The summed E-state index contributed by atoms with van der Waals surface area (Å²) in [7, 11) is 0. The molecule has 6 heteroatoms. The normalized spacial score (nSPS) is 18.4. The Bertz CT molecular complexity index is 674. The molecule has 2 aromatic rings. The predicted molar refractivity (Wildman–Crippen MR) is 68.0 cm³/mol. The molecule has 0 unspecified atom stereocenters. The molecule has 2 aliphatic heterocycles. The highest BCUT2D eigenvalue weighted by molar-refractivity contribution is 7.99. The molecule has 0 radical (unpaired) electrons. The Labute approximate surface area is 106 Å². The third kappa shape index (κ3) is 1.34. The van der Waals surface area contributed by atoms with Gasteiger partial charge >= 0.3 is 0 Å². The van der Waals surface area contributed by atoms with Crippen LogP contribution in [0, 0.1) is 0 Å². The quantitative estimate of drug-likeness (QED) is 0.680. The van der Waals surface area contributed by atoms with Crippen LogP contribution in [-0.2, 0) is 24.3 Å². The van der Waals surface area contributed by atoms with E-state index in [-0.39, 0.29) is 5.56 Å². The Hall–Kier alpha value is -0.850. The van der Waals surface area contributed by atoms with E-state index < -0.39 is 0 Å². The highest BCUT2D eigenvalue weighted by Gasteiger charge is 2.24. The molecule has 0 bridgehead atoms. The molecule has 0 spiro atoms. The number of hydrogen-bond acceptors (Lipinski definition) is 5. The zero-order valence-electron chi connectivity index (χ0n) is 9.06. The molecule has 0 saturated heterocycles. The Kier molecular flexibility index (Phi) is 2.12. The maximum absolute atomic E-state index is 12.4. The lowest BCUT2D eigenvalue weighted by atomic mass is 10.1. The van der Waals surface area contributed by atoms with Gasteiger partial charge in [-0.1, -0.05) is 11.8 Å². The molecule has 0 N–H and O–H groups in total. The lowest BCUT2D eigenvalue weighted by molar-refractivity contribution is 0.114. The fourth-order valence-electron chi connectivity index (χ4n) is 2.42. The summed E-state index contributed by atoms with van der Waals surface area (Å²) in [4.78, 5) is 19.1. The SMILES string of the molecule is O=c1c2c3c(sc2nc2n1CCS2)COCC3. The summed E-state index contributed by atoms with van der Waals surface area (Å²) in [5.74, 6) is 0.963. The molecule has 0 fully saturated rings. The Balaban J connectivity index is 2.12. The molecular weight excluding hydrogens is 256 g/mol. The predicted octanol–water partition coefficient (Wildman–Crippen LogP) is 1.64. The molecule has 4 heterocycles. The van der Waals surface area contributed by atoms with Crippen LogP contribution in [0.15, 0.2) is 9.95 Å². The van der Waals surface area contributed by atoms with Crippen LogP contribution in [0.25, 0.3) is 10.2 Å². The van der Waals surface area contributed by atoms with Crippen molar-refractivity contribution in [2.45, 2.75) is 24.7 Å². The smallest absolute Gasteiger partial charge is 0.263 e. The number of nitrogens with zero attached hydrogens (tertiary/aromatic N) is 2. The number of rotatable bonds is 0. The lowest BCUT2D eigenvalue weighted by Gasteiger charge is -2.11. The van der Waals surface area contributed by atoms with Gasteiger partial charge in [-0.15, -0.1) is 11.3 Å². The van der Waals surface area contributed by atoms with Crippen molar-refractivity contribution in [2.75, 3.05) is 12.4 Å². The number of thiophene rings is 1. The van der Waals surface area contributed by atoms with Crippen LogP contribution in [0.2, 0.25) is 0 Å². The lowest BCUT2D eigenvalue weighted by Crippen LogP contribution is -2.21. The van der Waals surface area contributed by atoms with Crippen LogP contribution < -0.4 is 5.56 Å². The second kappa shape index (κ2) is 3.57. The second-order valence-electron chi connectivity index (χ2n) is 4.19. The maximum atomic E-state index is 12.4. The standard InChI is InChI=1S/C11H10N2O2S2/c14-10-8-6-1-3-15-5-7(6)17-9(8)12-11-13(10)2-4-16-11/h1-5H2. The van der Waals surface area contributed by atoms with E-state index in [1.165, 1.54) is 10.4 Å². The minimum absolute atomic E-state index is 0.148. The summed E-state index contributed by atoms with van der Waals surface area (Å²) in [5, 5.41) is 1.72. The van der Waals surface area contributed by atoms with Crippen molar-refractivity contribution in [2.24, 2.45) is 0 Å². The Morgan fingerprint density at radius 3 is 3.29 bits per heavy atom. The summed E-state index contributed by atoms with van der Waals surface area (Å²) in [5.41, 5.74) is 1.33. The zero-order chi connectivity index (χ0) is 11.4. The van der Waals surface area contributed by atoms with E-state index in [2.05, 4.69) is 4.98 Å². The molecule has 0 amide bonds. The van der Waals surface area contributed by atoms with Gasteiger partial charge in [0.1, 0.15) is 4.83 Å². The van der Waals surface area contributed by atoms with Crippen molar-refractivity contribution in [3.63, 3.8) is 0 Å². The van der Waals surface area contributed by atoms with E-state index in [0.29, 0.717) is 6.61 Å². The second-order valence-corrected chi connectivity index (χ2v) is 6.33. The number of fused-ring (bicyclic) bond motifs is 4. The molecule has 17 heavy (non-hydrogen) atoms. The van der Waals surface area contributed by atoms with Crippen molar-refractivity contribution in [3.8, 4) is 0 Å². The number of aromatic nitrogens is 2. The molecular formula is C11H10N2O2S2. The first-order valence-electron chi connectivity index (χ1n) is 5.60. The number of hydrogen-bond donors (Lipinski definition) is 0. The van der Waals surface area contributed by atoms with Crippen LogP contribution >= 0.6 is 23.1 Å². The topological polar surface area (TPSA) is 44.1 Å². The average molecular weight is 266 g/mol. The van der Waals surface area contributed by atoms with Crippen LogP contribution in [0.4, 0.5) is 0 Å². The van der Waals surface area contributed by atoms with E-state index >= 15 is 0 Å². The summed E-state index contributed by atoms with van der Waals surface area (Å²) >= 11 is 3.29. The summed E-state index contributed by atoms with van der Waals surface area (Å²) in [6, 6.07) is 0. The molecule has 0 atom stereocenters. The van der Waals surface area contributed by atoms with Crippen molar-refractivity contribution >= 4 is 33.3 Å². The molecule has 0 aromatic carbocycles. The van der Waals surface area contributed by atoms with Crippen LogP contribution in [0.3, 0.4) is 0 Å². The maximum Gasteiger partial charge on any atom is 0.263 e. The molecule has 88 valence electrons. The molecule has 4 rings (SSSR count). The van der Waals surface area contributed by atoms with Crippen molar-refractivity contribution < 1.29 is 4.74 Å². The van der Waals surface area contributed by atoms with E-state index in [0.717, 1.165) is 40.7 Å². The van der Waals surface area contributed by atoms with Gasteiger partial charge in [0.05, 0.1) is 18.6 Å². The van der Waals surface area contributed by atoms with E-state index in [9.17, 15) is 4.79 Å². The van der Waals surface area contributed by atoms with Gasteiger partial charge in [0, 0.05) is 17.2 Å². The molecule has 0 aliphatic carbocycles. The van der Waals surface area contributed by atoms with Crippen LogP contribution in [0.5, 0.6) is 0 Å². The van der Waals surface area contributed by atoms with E-state index in [4.69, 9.17) is 4.74 Å². The number of ether oxygens (including phenoxy) is 1. The van der Waals surface area contributed by atoms with Gasteiger partial charge in [-0.3, -0.25) is 9.36 Å². The van der Waals surface area contributed by atoms with Gasteiger partial charge in [0.15, 0.2) is 5.16 Å². The van der Waals surface area contributed by atoms with Crippen LogP contribution in [-0.4, -0.2) is 21.9 Å². The first kappa shape index (κ1) is 10.1. The summed E-state index contributed by atoms with van der Waals surface area (Å²) in [6.45, 7) is 2.15. The van der Waals surface area contributed by atoms with Gasteiger partial charge in [0.25, 0.3) is 5.56 Å². The van der Waals surface area contributed by atoms with E-state index in [1.807, 2.05) is 4.57 Å². The molecule has 2 aliphatic rings. The third-order valence-electron chi connectivity index (χ3n) is 3.23. The highest BCUT2D eigenvalue weighted by Crippen LogP contribution is 2.33. The van der Waals surface area contributed by atoms with Gasteiger partial charge in [-0.05, 0) is 12.0 Å². The first-order valence-corrected chi connectivity index (χ1v) is 7.40. The zero-order valence-corrected chi connectivity index (χ0v) is 10.7. The van der Waals surface area contributed by atoms with Gasteiger partial charge in [-0.2, -0.15) is 0 Å². The summed E-state index contributed by atoms with van der Waals surface area (Å²) in [6.07, 6.45) is 0.846.